The van der Waals surface area contributed by atoms with Crippen molar-refractivity contribution in [1.82, 2.24) is 9.88 Å². The number of hydrogen-bond donors (Lipinski definition) is 0. The molecule has 36 heavy (non-hydrogen) atoms. The fraction of sp³-hybridized carbons (Fsp3) is 0.538. The summed E-state index contributed by atoms with van der Waals surface area (Å²) in [6, 6.07) is 4.72. The minimum atomic E-state index is -0.859. The molecule has 0 N–H and O–H groups in total. The first kappa shape index (κ1) is 25.5. The monoisotopic (exact) mass is 500 g/mol. The number of methoxy groups -OCH3 is 2. The molecule has 10 heteroatoms. The van der Waals surface area contributed by atoms with E-state index < -0.39 is 35.3 Å². The normalized spacial score (nSPS) is 21.1. The molecular formula is C26H32N2O8. The number of pyridine rings is 1. The Hall–Kier alpha value is -3.56. The van der Waals surface area contributed by atoms with Crippen LogP contribution in [0, 0.1) is 0 Å². The molecule has 2 aromatic rings. The number of nitrogens with zero attached hydrogens (tertiary/aromatic N) is 2. The lowest BCUT2D eigenvalue weighted by molar-refractivity contribution is -0.146. The molecule has 10 nitrogen and oxygen atoms in total. The van der Waals surface area contributed by atoms with Gasteiger partial charge in [-0.1, -0.05) is 0 Å². The highest BCUT2D eigenvalue weighted by atomic mass is 16.6. The second-order valence-electron chi connectivity index (χ2n) is 10.2. The second kappa shape index (κ2) is 9.48. The van der Waals surface area contributed by atoms with Crippen molar-refractivity contribution < 1.29 is 38.1 Å². The van der Waals surface area contributed by atoms with Gasteiger partial charge in [0.15, 0.2) is 0 Å². The number of carbonyl (C=O) groups is 3. The fourth-order valence-corrected chi connectivity index (χ4v) is 4.79. The van der Waals surface area contributed by atoms with Crippen LogP contribution in [-0.4, -0.2) is 65.9 Å². The zero-order valence-corrected chi connectivity index (χ0v) is 21.5. The van der Waals surface area contributed by atoms with Crippen molar-refractivity contribution in [2.45, 2.75) is 70.8 Å². The van der Waals surface area contributed by atoms with E-state index in [9.17, 15) is 14.4 Å². The molecule has 194 valence electrons. The minimum Gasteiger partial charge on any atom is -0.497 e. The number of rotatable bonds is 4. The summed E-state index contributed by atoms with van der Waals surface area (Å²) in [4.78, 5) is 43.3. The molecule has 1 aromatic carbocycles. The van der Waals surface area contributed by atoms with E-state index in [1.807, 2.05) is 18.2 Å². The van der Waals surface area contributed by atoms with Gasteiger partial charge in [-0.25, -0.2) is 14.6 Å². The summed E-state index contributed by atoms with van der Waals surface area (Å²) in [5.41, 5.74) is 0.527. The lowest BCUT2D eigenvalue weighted by atomic mass is 9.87. The molecule has 3 heterocycles. The van der Waals surface area contributed by atoms with Gasteiger partial charge in [-0.05, 0) is 51.8 Å². The van der Waals surface area contributed by atoms with Crippen LogP contribution in [0.15, 0.2) is 18.2 Å². The Balaban J connectivity index is 1.74. The average Bonchev–Trinajstić information content (AvgIpc) is 3.19. The van der Waals surface area contributed by atoms with E-state index in [0.29, 0.717) is 30.0 Å². The smallest absolute Gasteiger partial charge is 0.411 e. The maximum atomic E-state index is 13.0. The summed E-state index contributed by atoms with van der Waals surface area (Å²) in [5.74, 6) is 0.211. The van der Waals surface area contributed by atoms with Crippen molar-refractivity contribution in [1.29, 1.82) is 0 Å². The number of aryl methyl sites for hydroxylation is 1. The van der Waals surface area contributed by atoms with E-state index in [1.54, 1.807) is 27.9 Å². The third-order valence-electron chi connectivity index (χ3n) is 6.38. The number of fused-ring (bicyclic) bond motifs is 3. The summed E-state index contributed by atoms with van der Waals surface area (Å²) >= 11 is 0. The van der Waals surface area contributed by atoms with Gasteiger partial charge in [0.1, 0.15) is 41.0 Å². The molecule has 2 aliphatic heterocycles. The van der Waals surface area contributed by atoms with E-state index in [2.05, 4.69) is 0 Å². The van der Waals surface area contributed by atoms with E-state index in [4.69, 9.17) is 28.7 Å². The SMILES string of the molecule is COC(=O)[C@@H]1C[C@]2(CCc3c(c(COC(C)=O)nc4ccc(OC)cc34)O2)CN1C(=O)OC(C)(C)C. The maximum Gasteiger partial charge on any atom is 0.411 e. The van der Waals surface area contributed by atoms with Crippen LogP contribution >= 0.6 is 0 Å². The minimum absolute atomic E-state index is 0.0636. The van der Waals surface area contributed by atoms with Crippen molar-refractivity contribution in [3.63, 3.8) is 0 Å². The number of likely N-dealkylation sites (tertiary alicyclic amines) is 1. The lowest BCUT2D eigenvalue weighted by Gasteiger charge is -2.36. The molecule has 1 saturated heterocycles. The van der Waals surface area contributed by atoms with Gasteiger partial charge in [0.05, 0.1) is 26.3 Å². The summed E-state index contributed by atoms with van der Waals surface area (Å²) in [6.07, 6.45) is 0.785. The Kier molecular flexibility index (Phi) is 6.72. The van der Waals surface area contributed by atoms with Crippen molar-refractivity contribution in [2.24, 2.45) is 0 Å². The van der Waals surface area contributed by atoms with Gasteiger partial charge < -0.3 is 23.7 Å². The molecule has 1 fully saturated rings. The van der Waals surface area contributed by atoms with Crippen LogP contribution in [-0.2, 0) is 36.8 Å². The van der Waals surface area contributed by atoms with E-state index in [-0.39, 0.29) is 19.6 Å². The molecule has 1 aromatic heterocycles. The zero-order chi connectivity index (χ0) is 26.3. The van der Waals surface area contributed by atoms with Crippen molar-refractivity contribution in [3.8, 4) is 11.5 Å². The molecule has 1 amide bonds. The standard InChI is InChI=1S/C26H32N2O8/c1-15(29)34-13-20-22-17(18-11-16(32-5)7-8-19(18)27-20)9-10-26(35-22)12-21(23(30)33-6)28(14-26)24(31)36-25(2,3)4/h7-8,11,21H,9-10,12-14H2,1-6H3/t21-,26+/m0/s1. The van der Waals surface area contributed by atoms with Gasteiger partial charge >= 0.3 is 18.0 Å². The van der Waals surface area contributed by atoms with Crippen molar-refractivity contribution in [3.05, 3.63) is 29.5 Å². The molecule has 0 bridgehead atoms. The summed E-state index contributed by atoms with van der Waals surface area (Å²) < 4.78 is 27.8. The molecular weight excluding hydrogens is 468 g/mol. The first-order valence-electron chi connectivity index (χ1n) is 11.8. The van der Waals surface area contributed by atoms with E-state index >= 15 is 0 Å². The summed E-state index contributed by atoms with van der Waals surface area (Å²) in [6.45, 7) is 6.71. The quantitative estimate of drug-likeness (QED) is 0.459. The van der Waals surface area contributed by atoms with Crippen LogP contribution in [0.2, 0.25) is 0 Å². The maximum absolute atomic E-state index is 13.0. The molecule has 0 radical (unpaired) electrons. The van der Waals surface area contributed by atoms with E-state index in [0.717, 1.165) is 16.5 Å². The average molecular weight is 501 g/mol. The number of aromatic nitrogens is 1. The molecule has 2 aliphatic rings. The third kappa shape index (κ3) is 5.03. The number of amides is 1. The van der Waals surface area contributed by atoms with Gasteiger partial charge in [-0.2, -0.15) is 0 Å². The van der Waals surface area contributed by atoms with Crippen LogP contribution in [0.25, 0.3) is 10.9 Å². The van der Waals surface area contributed by atoms with Gasteiger partial charge in [-0.15, -0.1) is 0 Å². The Morgan fingerprint density at radius 2 is 1.97 bits per heavy atom. The second-order valence-corrected chi connectivity index (χ2v) is 10.2. The van der Waals surface area contributed by atoms with Gasteiger partial charge in [0, 0.05) is 24.3 Å². The van der Waals surface area contributed by atoms with Crippen LogP contribution in [0.4, 0.5) is 4.79 Å². The highest BCUT2D eigenvalue weighted by Crippen LogP contribution is 2.45. The van der Waals surface area contributed by atoms with Gasteiger partial charge in [0.2, 0.25) is 0 Å². The first-order chi connectivity index (χ1) is 16.9. The highest BCUT2D eigenvalue weighted by Gasteiger charge is 2.53. The molecule has 4 rings (SSSR count). The number of benzene rings is 1. The zero-order valence-electron chi connectivity index (χ0n) is 21.5. The van der Waals surface area contributed by atoms with Crippen molar-refractivity contribution >= 4 is 28.9 Å². The predicted molar refractivity (Wildman–Crippen MR) is 129 cm³/mol. The Morgan fingerprint density at radius 1 is 1.22 bits per heavy atom. The molecule has 0 unspecified atom stereocenters. The van der Waals surface area contributed by atoms with Crippen LogP contribution in [0.3, 0.4) is 0 Å². The molecule has 2 atom stereocenters. The first-order valence-corrected chi connectivity index (χ1v) is 11.8. The molecule has 0 saturated carbocycles. The van der Waals surface area contributed by atoms with Crippen LogP contribution in [0.5, 0.6) is 11.5 Å². The number of ether oxygens (including phenoxy) is 5. The largest absolute Gasteiger partial charge is 0.497 e. The van der Waals surface area contributed by atoms with Crippen LogP contribution in [0.1, 0.15) is 51.8 Å². The number of esters is 2. The van der Waals surface area contributed by atoms with E-state index in [1.165, 1.54) is 18.9 Å². The number of hydrogen-bond acceptors (Lipinski definition) is 9. The summed E-state index contributed by atoms with van der Waals surface area (Å²) in [7, 11) is 2.89. The van der Waals surface area contributed by atoms with Gasteiger partial charge in [0.25, 0.3) is 0 Å². The highest BCUT2D eigenvalue weighted by molar-refractivity contribution is 5.87. The van der Waals surface area contributed by atoms with Crippen molar-refractivity contribution in [2.75, 3.05) is 20.8 Å². The lowest BCUT2D eigenvalue weighted by Crippen LogP contribution is -2.46. The Labute approximate surface area is 209 Å². The predicted octanol–water partition coefficient (Wildman–Crippen LogP) is 3.55. The Bertz CT molecular complexity index is 1200. The fourth-order valence-electron chi connectivity index (χ4n) is 4.79. The molecule has 1 spiro atoms. The van der Waals surface area contributed by atoms with Gasteiger partial charge in [-0.3, -0.25) is 9.69 Å². The third-order valence-corrected chi connectivity index (χ3v) is 6.38. The summed E-state index contributed by atoms with van der Waals surface area (Å²) in [5, 5.41) is 0.872. The molecule has 0 aliphatic carbocycles. The topological polar surface area (TPSA) is 113 Å². The Morgan fingerprint density at radius 3 is 2.61 bits per heavy atom. The van der Waals surface area contributed by atoms with Crippen LogP contribution < -0.4 is 9.47 Å². The number of carbonyl (C=O) groups excluding carboxylic acids is 3.